The molecule has 1 N–H and O–H groups in total. The zero-order valence-corrected chi connectivity index (χ0v) is 12.2. The summed E-state index contributed by atoms with van der Waals surface area (Å²) >= 11 is 0. The summed E-state index contributed by atoms with van der Waals surface area (Å²) in [6.45, 7) is 0.776. The predicted octanol–water partition coefficient (Wildman–Crippen LogP) is 2.26. The quantitative estimate of drug-likeness (QED) is 0.945. The van der Waals surface area contributed by atoms with Crippen molar-refractivity contribution in [1.29, 1.82) is 0 Å². The normalized spacial score (nSPS) is 26.3. The van der Waals surface area contributed by atoms with Gasteiger partial charge in [-0.2, -0.15) is 0 Å². The fraction of sp³-hybridized carbons (Fsp3) is 0.412. The number of amides is 1. The molecule has 1 aliphatic heterocycles. The number of aryl methyl sites for hydroxylation is 1. The first kappa shape index (κ1) is 13.5. The maximum Gasteiger partial charge on any atom is 0.224 e. The van der Waals surface area contributed by atoms with Gasteiger partial charge in [-0.05, 0) is 30.4 Å². The van der Waals surface area contributed by atoms with Crippen LogP contribution in [0.1, 0.15) is 30.1 Å². The summed E-state index contributed by atoms with van der Waals surface area (Å²) in [6, 6.07) is 6.90. The third kappa shape index (κ3) is 2.40. The predicted molar refractivity (Wildman–Crippen MR) is 79.7 cm³/mol. The highest BCUT2D eigenvalue weighted by molar-refractivity contribution is 5.83. The van der Waals surface area contributed by atoms with Crippen LogP contribution < -0.4 is 5.32 Å². The Bertz CT molecular complexity index is 711. The van der Waals surface area contributed by atoms with E-state index in [1.165, 1.54) is 6.07 Å². The van der Waals surface area contributed by atoms with E-state index in [1.54, 1.807) is 18.3 Å². The van der Waals surface area contributed by atoms with Crippen LogP contribution in [0.25, 0.3) is 0 Å². The van der Waals surface area contributed by atoms with E-state index in [2.05, 4.69) is 14.9 Å². The van der Waals surface area contributed by atoms with Gasteiger partial charge in [0.2, 0.25) is 5.91 Å². The lowest BCUT2D eigenvalue weighted by molar-refractivity contribution is -0.123. The highest BCUT2D eigenvalue weighted by atomic mass is 19.1. The summed E-state index contributed by atoms with van der Waals surface area (Å²) in [5.74, 6) is 0.890. The van der Waals surface area contributed by atoms with Gasteiger partial charge < -0.3 is 9.88 Å². The molecule has 3 atom stereocenters. The summed E-state index contributed by atoms with van der Waals surface area (Å²) in [7, 11) is 0. The number of hydrogen-bond donors (Lipinski definition) is 1. The molecular weight excluding hydrogens is 281 g/mol. The summed E-state index contributed by atoms with van der Waals surface area (Å²) < 4.78 is 15.9. The average Bonchev–Trinajstić information content (AvgIpc) is 3.18. The Morgan fingerprint density at radius 3 is 3.09 bits per heavy atom. The molecule has 2 aromatic rings. The Kier molecular flexibility index (Phi) is 3.21. The van der Waals surface area contributed by atoms with Crippen molar-refractivity contribution < 1.29 is 9.18 Å². The Morgan fingerprint density at radius 1 is 1.36 bits per heavy atom. The van der Waals surface area contributed by atoms with Crippen molar-refractivity contribution in [3.05, 3.63) is 53.9 Å². The molecule has 1 saturated carbocycles. The first-order valence-corrected chi connectivity index (χ1v) is 7.77. The second-order valence-corrected chi connectivity index (χ2v) is 6.21. The highest BCUT2D eigenvalue weighted by Crippen LogP contribution is 2.48. The molecule has 4 rings (SSSR count). The molecule has 114 valence electrons. The molecule has 1 amide bonds. The van der Waals surface area contributed by atoms with Gasteiger partial charge >= 0.3 is 0 Å². The molecule has 2 heterocycles. The highest BCUT2D eigenvalue weighted by Gasteiger charge is 2.45. The van der Waals surface area contributed by atoms with E-state index < -0.39 is 0 Å². The number of rotatable bonds is 3. The van der Waals surface area contributed by atoms with Crippen molar-refractivity contribution in [2.45, 2.75) is 37.8 Å². The van der Waals surface area contributed by atoms with E-state index >= 15 is 0 Å². The van der Waals surface area contributed by atoms with Crippen LogP contribution >= 0.6 is 0 Å². The number of carbonyl (C=O) groups is 1. The first-order chi connectivity index (χ1) is 10.7. The standard InChI is InChI=1S/C17H18FN3O/c18-15-4-2-1-3-12(15)13-9-14(13)17(22)20-11-5-6-16-19-7-8-21(16)10-11/h1-4,7-8,11,13-14H,5-6,9-10H2,(H,20,22). The minimum Gasteiger partial charge on any atom is -0.351 e. The van der Waals surface area contributed by atoms with Crippen LogP contribution in [0.2, 0.25) is 0 Å². The molecule has 4 nitrogen and oxygen atoms in total. The van der Waals surface area contributed by atoms with Gasteiger partial charge in [0.15, 0.2) is 0 Å². The number of aromatic nitrogens is 2. The number of halogens is 1. The van der Waals surface area contributed by atoms with E-state index in [9.17, 15) is 9.18 Å². The number of benzene rings is 1. The van der Waals surface area contributed by atoms with E-state index in [0.29, 0.717) is 5.56 Å². The lowest BCUT2D eigenvalue weighted by atomic mass is 10.1. The van der Waals surface area contributed by atoms with Crippen LogP contribution in [0.3, 0.4) is 0 Å². The van der Waals surface area contributed by atoms with Gasteiger partial charge in [0.1, 0.15) is 11.6 Å². The summed E-state index contributed by atoms with van der Waals surface area (Å²) in [5.41, 5.74) is 0.670. The van der Waals surface area contributed by atoms with Crippen molar-refractivity contribution in [3.8, 4) is 0 Å². The Hall–Kier alpha value is -2.17. The van der Waals surface area contributed by atoms with Crippen LogP contribution in [-0.4, -0.2) is 21.5 Å². The Labute approximate surface area is 128 Å². The molecule has 0 radical (unpaired) electrons. The number of nitrogens with zero attached hydrogens (tertiary/aromatic N) is 2. The molecule has 0 saturated heterocycles. The number of imidazole rings is 1. The summed E-state index contributed by atoms with van der Waals surface area (Å²) in [4.78, 5) is 16.6. The van der Waals surface area contributed by atoms with Crippen LogP contribution in [0, 0.1) is 11.7 Å². The minimum absolute atomic E-state index is 0.0357. The van der Waals surface area contributed by atoms with Crippen molar-refractivity contribution in [2.24, 2.45) is 5.92 Å². The van der Waals surface area contributed by atoms with Gasteiger partial charge in [-0.1, -0.05) is 18.2 Å². The molecule has 1 fully saturated rings. The molecule has 5 heteroatoms. The molecule has 22 heavy (non-hydrogen) atoms. The van der Waals surface area contributed by atoms with Crippen molar-refractivity contribution in [1.82, 2.24) is 14.9 Å². The van der Waals surface area contributed by atoms with E-state index in [-0.39, 0.29) is 29.6 Å². The van der Waals surface area contributed by atoms with Gasteiger partial charge in [0, 0.05) is 37.3 Å². The molecular formula is C17H18FN3O. The molecule has 1 aromatic carbocycles. The maximum atomic E-state index is 13.8. The number of hydrogen-bond acceptors (Lipinski definition) is 2. The molecule has 3 unspecified atom stereocenters. The number of nitrogens with one attached hydrogen (secondary N) is 1. The van der Waals surface area contributed by atoms with E-state index in [4.69, 9.17) is 0 Å². The van der Waals surface area contributed by atoms with Gasteiger partial charge in [-0.3, -0.25) is 4.79 Å². The first-order valence-electron chi connectivity index (χ1n) is 7.77. The van der Waals surface area contributed by atoms with Crippen molar-refractivity contribution in [2.75, 3.05) is 0 Å². The third-order valence-corrected chi connectivity index (χ3v) is 4.71. The van der Waals surface area contributed by atoms with Crippen LogP contribution in [0.4, 0.5) is 4.39 Å². The summed E-state index contributed by atoms with van der Waals surface area (Å²) in [6.07, 6.45) is 6.30. The Morgan fingerprint density at radius 2 is 2.23 bits per heavy atom. The molecule has 1 aliphatic carbocycles. The van der Waals surface area contributed by atoms with Crippen molar-refractivity contribution in [3.63, 3.8) is 0 Å². The second-order valence-electron chi connectivity index (χ2n) is 6.21. The zero-order valence-electron chi connectivity index (χ0n) is 12.2. The maximum absolute atomic E-state index is 13.8. The van der Waals surface area contributed by atoms with Crippen molar-refractivity contribution >= 4 is 5.91 Å². The Balaban J connectivity index is 1.38. The lowest BCUT2D eigenvalue weighted by Crippen LogP contribution is -2.41. The fourth-order valence-corrected chi connectivity index (χ4v) is 3.40. The van der Waals surface area contributed by atoms with Crippen LogP contribution in [0.5, 0.6) is 0 Å². The van der Waals surface area contributed by atoms with Crippen LogP contribution in [-0.2, 0) is 17.8 Å². The largest absolute Gasteiger partial charge is 0.351 e. The van der Waals surface area contributed by atoms with Crippen LogP contribution in [0.15, 0.2) is 36.7 Å². The fourth-order valence-electron chi connectivity index (χ4n) is 3.40. The zero-order chi connectivity index (χ0) is 15.1. The lowest BCUT2D eigenvalue weighted by Gasteiger charge is -2.24. The number of carbonyl (C=O) groups excluding carboxylic acids is 1. The smallest absolute Gasteiger partial charge is 0.224 e. The monoisotopic (exact) mass is 299 g/mol. The molecule has 1 aromatic heterocycles. The minimum atomic E-state index is -0.205. The third-order valence-electron chi connectivity index (χ3n) is 4.71. The average molecular weight is 299 g/mol. The van der Waals surface area contributed by atoms with Gasteiger partial charge in [0.25, 0.3) is 0 Å². The number of fused-ring (bicyclic) bond motifs is 1. The van der Waals surface area contributed by atoms with Gasteiger partial charge in [-0.15, -0.1) is 0 Å². The second kappa shape index (κ2) is 5.23. The molecule has 2 aliphatic rings. The SMILES string of the molecule is O=C(NC1CCc2nccn2C1)C1CC1c1ccccc1F. The van der Waals surface area contributed by atoms with E-state index in [0.717, 1.165) is 31.6 Å². The molecule has 0 bridgehead atoms. The van der Waals surface area contributed by atoms with E-state index in [1.807, 2.05) is 12.3 Å². The topological polar surface area (TPSA) is 46.9 Å². The van der Waals surface area contributed by atoms with Gasteiger partial charge in [0.05, 0.1) is 0 Å². The summed E-state index contributed by atoms with van der Waals surface area (Å²) in [5, 5.41) is 3.12. The van der Waals surface area contributed by atoms with Gasteiger partial charge in [-0.25, -0.2) is 9.37 Å². The molecule has 0 spiro atoms.